The number of nitrogens with one attached hydrogen (secondary N) is 1. The maximum atomic E-state index is 13.7. The Kier molecular flexibility index (Phi) is 5.16. The highest BCUT2D eigenvalue weighted by atomic mass is 32.1. The lowest BCUT2D eigenvalue weighted by Gasteiger charge is -2.44. The molecule has 0 aromatic carbocycles. The zero-order valence-corrected chi connectivity index (χ0v) is 13.0. The van der Waals surface area contributed by atoms with Crippen LogP contribution in [0.25, 0.3) is 0 Å². The highest BCUT2D eigenvalue weighted by molar-refractivity contribution is 7.80. The Balaban J connectivity index is 2.18. The van der Waals surface area contributed by atoms with E-state index in [0.717, 1.165) is 31.8 Å². The highest BCUT2D eigenvalue weighted by Crippen LogP contribution is 2.37. The summed E-state index contributed by atoms with van der Waals surface area (Å²) in [6.07, 6.45) is 7.88. The smallest absolute Gasteiger partial charge is 0.376 e. The molecule has 1 aliphatic carbocycles. The van der Waals surface area contributed by atoms with Crippen molar-refractivity contribution in [3.05, 3.63) is 36.1 Å². The summed E-state index contributed by atoms with van der Waals surface area (Å²) in [5.74, 6) is 0. The standard InChI is InChI=1S/C15H20F3N3S/c16-15(17,18)14(20-13(19)22)9-4-5-10-21(14)11-8-12-6-2-1-3-7-12/h4-6,9-10H,1-3,7-8,11H2,(H3,19,20,22). The Hall–Kier alpha value is -1.50. The predicted octanol–water partition coefficient (Wildman–Crippen LogP) is 3.35. The molecule has 0 spiro atoms. The maximum Gasteiger partial charge on any atom is 0.434 e. The maximum absolute atomic E-state index is 13.7. The van der Waals surface area contributed by atoms with Crippen molar-refractivity contribution in [2.24, 2.45) is 5.73 Å². The van der Waals surface area contributed by atoms with Crippen LogP contribution in [0.3, 0.4) is 0 Å². The van der Waals surface area contributed by atoms with E-state index < -0.39 is 11.8 Å². The second kappa shape index (κ2) is 6.73. The third-order valence-electron chi connectivity index (χ3n) is 3.97. The second-order valence-corrected chi connectivity index (χ2v) is 5.95. The fourth-order valence-corrected chi connectivity index (χ4v) is 2.99. The minimum absolute atomic E-state index is 0.252. The molecular formula is C15H20F3N3S. The molecule has 0 radical (unpaired) electrons. The molecule has 0 fully saturated rings. The molecule has 2 rings (SSSR count). The third-order valence-corrected chi connectivity index (χ3v) is 4.07. The first-order valence-corrected chi connectivity index (χ1v) is 7.71. The van der Waals surface area contributed by atoms with Crippen LogP contribution in [-0.4, -0.2) is 28.4 Å². The third kappa shape index (κ3) is 3.63. The fraction of sp³-hybridized carbons (Fsp3) is 0.533. The first kappa shape index (κ1) is 16.9. The van der Waals surface area contributed by atoms with Gasteiger partial charge in [0.1, 0.15) is 0 Å². The van der Waals surface area contributed by atoms with Crippen LogP contribution >= 0.6 is 12.2 Å². The monoisotopic (exact) mass is 331 g/mol. The quantitative estimate of drug-likeness (QED) is 0.612. The van der Waals surface area contributed by atoms with Gasteiger partial charge in [0, 0.05) is 12.7 Å². The van der Waals surface area contributed by atoms with Crippen molar-refractivity contribution in [1.82, 2.24) is 10.2 Å². The van der Waals surface area contributed by atoms with Gasteiger partial charge in [-0.1, -0.05) is 17.7 Å². The van der Waals surface area contributed by atoms with Crippen molar-refractivity contribution in [2.75, 3.05) is 6.54 Å². The molecule has 0 bridgehead atoms. The van der Waals surface area contributed by atoms with Gasteiger partial charge in [0.05, 0.1) is 0 Å². The summed E-state index contributed by atoms with van der Waals surface area (Å²) in [5.41, 5.74) is 4.18. The Bertz CT molecular complexity index is 511. The minimum Gasteiger partial charge on any atom is -0.376 e. The van der Waals surface area contributed by atoms with Gasteiger partial charge in [0.15, 0.2) is 5.11 Å². The van der Waals surface area contributed by atoms with Crippen LogP contribution in [0, 0.1) is 0 Å². The molecule has 0 aromatic heterocycles. The van der Waals surface area contributed by atoms with Gasteiger partial charge in [0.25, 0.3) is 0 Å². The molecule has 2 aliphatic rings. The van der Waals surface area contributed by atoms with Gasteiger partial charge in [-0.15, -0.1) is 0 Å². The SMILES string of the molecule is NC(=S)NC1(C(F)(F)F)C=CC=CN1CCC1=CCCCC1. The molecule has 22 heavy (non-hydrogen) atoms. The van der Waals surface area contributed by atoms with Gasteiger partial charge in [-0.05, 0) is 56.5 Å². The summed E-state index contributed by atoms with van der Waals surface area (Å²) >= 11 is 4.65. The second-order valence-electron chi connectivity index (χ2n) is 5.51. The van der Waals surface area contributed by atoms with Crippen LogP contribution in [0.4, 0.5) is 13.2 Å². The van der Waals surface area contributed by atoms with Crippen LogP contribution in [-0.2, 0) is 0 Å². The van der Waals surface area contributed by atoms with E-state index in [2.05, 4.69) is 23.6 Å². The largest absolute Gasteiger partial charge is 0.434 e. The van der Waals surface area contributed by atoms with Crippen molar-refractivity contribution in [3.63, 3.8) is 0 Å². The molecule has 0 saturated carbocycles. The van der Waals surface area contributed by atoms with E-state index in [4.69, 9.17) is 5.73 Å². The Morgan fingerprint density at radius 2 is 2.14 bits per heavy atom. The molecule has 1 heterocycles. The van der Waals surface area contributed by atoms with Crippen molar-refractivity contribution >= 4 is 17.3 Å². The lowest BCUT2D eigenvalue weighted by molar-refractivity contribution is -0.213. The van der Waals surface area contributed by atoms with Crippen LogP contribution in [0.2, 0.25) is 0 Å². The van der Waals surface area contributed by atoms with E-state index in [0.29, 0.717) is 6.42 Å². The lowest BCUT2D eigenvalue weighted by atomic mass is 9.96. The summed E-state index contributed by atoms with van der Waals surface area (Å²) in [6.45, 7) is 0.252. The summed E-state index contributed by atoms with van der Waals surface area (Å²) in [6, 6.07) is 0. The molecule has 0 amide bonds. The first-order valence-electron chi connectivity index (χ1n) is 7.30. The molecule has 3 N–H and O–H groups in total. The normalized spacial score (nSPS) is 25.0. The number of rotatable bonds is 4. The van der Waals surface area contributed by atoms with E-state index in [1.54, 1.807) is 6.08 Å². The Morgan fingerprint density at radius 3 is 2.73 bits per heavy atom. The van der Waals surface area contributed by atoms with E-state index in [1.807, 2.05) is 0 Å². The van der Waals surface area contributed by atoms with Gasteiger partial charge in [-0.2, -0.15) is 13.2 Å². The fourth-order valence-electron chi connectivity index (χ4n) is 2.84. The summed E-state index contributed by atoms with van der Waals surface area (Å²) in [7, 11) is 0. The number of hydrogen-bond donors (Lipinski definition) is 2. The summed E-state index contributed by atoms with van der Waals surface area (Å²) < 4.78 is 41.0. The zero-order chi connectivity index (χ0) is 16.2. The van der Waals surface area contributed by atoms with Gasteiger partial charge in [-0.3, -0.25) is 0 Å². The van der Waals surface area contributed by atoms with Crippen LogP contribution in [0.1, 0.15) is 32.1 Å². The van der Waals surface area contributed by atoms with Crippen LogP contribution in [0.5, 0.6) is 0 Å². The number of allylic oxidation sites excluding steroid dienone is 3. The molecule has 0 aromatic rings. The number of halogens is 3. The molecule has 1 aliphatic heterocycles. The van der Waals surface area contributed by atoms with Gasteiger partial charge in [0.2, 0.25) is 5.66 Å². The number of nitrogens with two attached hydrogens (primary N) is 1. The lowest BCUT2D eigenvalue weighted by Crippen LogP contribution is -2.67. The Morgan fingerprint density at radius 1 is 1.36 bits per heavy atom. The number of thiocarbonyl (C=S) groups is 1. The number of alkyl halides is 3. The highest BCUT2D eigenvalue weighted by Gasteiger charge is 2.57. The van der Waals surface area contributed by atoms with E-state index >= 15 is 0 Å². The van der Waals surface area contributed by atoms with E-state index in [9.17, 15) is 13.2 Å². The van der Waals surface area contributed by atoms with Crippen molar-refractivity contribution in [2.45, 2.75) is 43.9 Å². The molecule has 3 nitrogen and oxygen atoms in total. The molecule has 7 heteroatoms. The molecule has 0 saturated heterocycles. The predicted molar refractivity (Wildman–Crippen MR) is 84.9 cm³/mol. The van der Waals surface area contributed by atoms with Gasteiger partial charge in [-0.25, -0.2) is 0 Å². The minimum atomic E-state index is -4.54. The van der Waals surface area contributed by atoms with Crippen molar-refractivity contribution in [1.29, 1.82) is 0 Å². The Labute approximate surface area is 133 Å². The van der Waals surface area contributed by atoms with Crippen LogP contribution < -0.4 is 11.1 Å². The topological polar surface area (TPSA) is 41.3 Å². The van der Waals surface area contributed by atoms with Crippen LogP contribution in [0.15, 0.2) is 36.1 Å². The summed E-state index contributed by atoms with van der Waals surface area (Å²) in [5, 5.41) is 1.85. The average Bonchev–Trinajstić information content (AvgIpc) is 2.45. The van der Waals surface area contributed by atoms with Crippen molar-refractivity contribution in [3.8, 4) is 0 Å². The first-order chi connectivity index (χ1) is 10.3. The molecule has 1 atom stereocenters. The van der Waals surface area contributed by atoms with E-state index in [-0.39, 0.29) is 11.7 Å². The number of hydrogen-bond acceptors (Lipinski definition) is 2. The number of nitrogens with zero attached hydrogens (tertiary/aromatic N) is 1. The van der Waals surface area contributed by atoms with Crippen molar-refractivity contribution < 1.29 is 13.2 Å². The molecule has 122 valence electrons. The average molecular weight is 331 g/mol. The van der Waals surface area contributed by atoms with Gasteiger partial charge < -0.3 is 16.0 Å². The zero-order valence-electron chi connectivity index (χ0n) is 12.2. The summed E-state index contributed by atoms with van der Waals surface area (Å²) in [4.78, 5) is 1.22. The molecular weight excluding hydrogens is 311 g/mol. The van der Waals surface area contributed by atoms with Gasteiger partial charge >= 0.3 is 6.18 Å². The van der Waals surface area contributed by atoms with E-state index in [1.165, 1.54) is 22.7 Å². The molecule has 1 unspecified atom stereocenters.